The second kappa shape index (κ2) is 6.26. The van der Waals surface area contributed by atoms with Gasteiger partial charge in [0.05, 0.1) is 17.2 Å². The summed E-state index contributed by atoms with van der Waals surface area (Å²) < 4.78 is 0.860. The second-order valence-electron chi connectivity index (χ2n) is 5.08. The molecule has 118 valence electrons. The van der Waals surface area contributed by atoms with E-state index in [2.05, 4.69) is 21.2 Å². The van der Waals surface area contributed by atoms with Gasteiger partial charge in [0.25, 0.3) is 17.7 Å². The maximum Gasteiger partial charge on any atom is 0.262 e. The summed E-state index contributed by atoms with van der Waals surface area (Å²) in [6, 6.07) is 13.1. The molecule has 3 amide bonds. The molecule has 3 rings (SSSR count). The summed E-state index contributed by atoms with van der Waals surface area (Å²) in [7, 11) is 0. The maximum absolute atomic E-state index is 12.2. The van der Waals surface area contributed by atoms with Crippen molar-refractivity contribution in [1.29, 1.82) is 5.26 Å². The fourth-order valence-corrected chi connectivity index (χ4v) is 2.65. The van der Waals surface area contributed by atoms with Crippen LogP contribution in [-0.2, 0) is 0 Å². The van der Waals surface area contributed by atoms with Gasteiger partial charge < -0.3 is 5.32 Å². The van der Waals surface area contributed by atoms with Gasteiger partial charge in [0, 0.05) is 15.7 Å². The Morgan fingerprint density at radius 1 is 1.08 bits per heavy atom. The molecular formula is C17H10BrN3O3. The summed E-state index contributed by atoms with van der Waals surface area (Å²) in [5, 5.41) is 11.4. The third-order valence-corrected chi connectivity index (χ3v) is 4.09. The molecule has 0 saturated carbocycles. The number of benzene rings is 2. The van der Waals surface area contributed by atoms with Crippen LogP contribution in [0.3, 0.4) is 0 Å². The van der Waals surface area contributed by atoms with Crippen LogP contribution < -0.4 is 5.32 Å². The molecule has 1 aliphatic rings. The Morgan fingerprint density at radius 3 is 2.42 bits per heavy atom. The zero-order chi connectivity index (χ0) is 17.3. The first-order valence-corrected chi connectivity index (χ1v) is 7.74. The molecule has 1 N–H and O–H groups in total. The number of imide groups is 1. The number of hydrogen-bond donors (Lipinski definition) is 1. The first-order chi connectivity index (χ1) is 11.5. The molecule has 0 fully saturated rings. The minimum atomic E-state index is -0.531. The molecule has 2 aromatic carbocycles. The molecule has 1 aliphatic heterocycles. The number of amides is 3. The van der Waals surface area contributed by atoms with E-state index in [1.807, 2.05) is 0 Å². The molecular weight excluding hydrogens is 374 g/mol. The van der Waals surface area contributed by atoms with E-state index < -0.39 is 11.8 Å². The number of fused-ring (bicyclic) bond motifs is 1. The minimum absolute atomic E-state index is 0.184. The van der Waals surface area contributed by atoms with Crippen LogP contribution in [0.15, 0.2) is 46.9 Å². The lowest BCUT2D eigenvalue weighted by Gasteiger charge is -2.07. The molecule has 0 aliphatic carbocycles. The summed E-state index contributed by atoms with van der Waals surface area (Å²) in [5.41, 5.74) is 1.29. The molecule has 1 heterocycles. The van der Waals surface area contributed by atoms with Gasteiger partial charge in [-0.2, -0.15) is 5.26 Å². The molecule has 0 unspecified atom stereocenters. The predicted molar refractivity (Wildman–Crippen MR) is 89.5 cm³/mol. The van der Waals surface area contributed by atoms with Crippen molar-refractivity contribution in [3.8, 4) is 6.07 Å². The highest BCUT2D eigenvalue weighted by Gasteiger charge is 2.35. The summed E-state index contributed by atoms with van der Waals surface area (Å²) in [6.07, 6.45) is 0. The van der Waals surface area contributed by atoms with E-state index in [-0.39, 0.29) is 23.6 Å². The fraction of sp³-hybridized carbons (Fsp3) is 0.0588. The third-order valence-electron chi connectivity index (χ3n) is 3.56. The zero-order valence-electron chi connectivity index (χ0n) is 12.2. The van der Waals surface area contributed by atoms with Gasteiger partial charge in [0.15, 0.2) is 0 Å². The number of carbonyl (C=O) groups excluding carboxylic acids is 3. The van der Waals surface area contributed by atoms with Crippen molar-refractivity contribution >= 4 is 39.3 Å². The van der Waals surface area contributed by atoms with Crippen LogP contribution in [0.2, 0.25) is 0 Å². The van der Waals surface area contributed by atoms with Gasteiger partial charge >= 0.3 is 0 Å². The number of hydrogen-bond acceptors (Lipinski definition) is 4. The van der Waals surface area contributed by atoms with Gasteiger partial charge in [0.2, 0.25) is 0 Å². The molecule has 6 nitrogen and oxygen atoms in total. The Balaban J connectivity index is 1.84. The largest absolute Gasteiger partial charge is 0.322 e. The number of nitrogens with zero attached hydrogens (tertiary/aromatic N) is 2. The topological polar surface area (TPSA) is 90.3 Å². The number of anilines is 1. The Labute approximate surface area is 145 Å². The van der Waals surface area contributed by atoms with Crippen LogP contribution in [0, 0.1) is 11.3 Å². The normalized spacial score (nSPS) is 12.8. The zero-order valence-corrected chi connectivity index (χ0v) is 13.8. The first-order valence-electron chi connectivity index (χ1n) is 6.95. The van der Waals surface area contributed by atoms with Crippen molar-refractivity contribution < 1.29 is 14.4 Å². The molecule has 24 heavy (non-hydrogen) atoms. The molecule has 2 aromatic rings. The van der Waals surface area contributed by atoms with Gasteiger partial charge in [-0.3, -0.25) is 19.3 Å². The SMILES string of the molecule is N#CCN1C(=O)c2ccc(NC(=O)c3ccc(Br)cc3)cc2C1=O. The highest BCUT2D eigenvalue weighted by molar-refractivity contribution is 9.10. The Morgan fingerprint density at radius 2 is 1.75 bits per heavy atom. The van der Waals surface area contributed by atoms with Gasteiger partial charge in [0.1, 0.15) is 6.54 Å². The van der Waals surface area contributed by atoms with Gasteiger partial charge in [-0.05, 0) is 42.5 Å². The average molecular weight is 384 g/mol. The third kappa shape index (κ3) is 2.79. The molecule has 0 spiro atoms. The van der Waals surface area contributed by atoms with Crippen LogP contribution >= 0.6 is 15.9 Å². The lowest BCUT2D eigenvalue weighted by molar-refractivity contribution is 0.0673. The highest BCUT2D eigenvalue weighted by Crippen LogP contribution is 2.26. The Bertz CT molecular complexity index is 900. The monoisotopic (exact) mass is 383 g/mol. The van der Waals surface area contributed by atoms with Crippen molar-refractivity contribution in [2.24, 2.45) is 0 Å². The van der Waals surface area contributed by atoms with Crippen molar-refractivity contribution in [2.75, 3.05) is 11.9 Å². The quantitative estimate of drug-likeness (QED) is 0.651. The van der Waals surface area contributed by atoms with Crippen molar-refractivity contribution in [3.63, 3.8) is 0 Å². The van der Waals surface area contributed by atoms with Crippen LogP contribution in [0.4, 0.5) is 5.69 Å². The van der Waals surface area contributed by atoms with Crippen LogP contribution in [0.1, 0.15) is 31.1 Å². The fourth-order valence-electron chi connectivity index (χ4n) is 2.39. The maximum atomic E-state index is 12.2. The summed E-state index contributed by atoms with van der Waals surface area (Å²) in [6.45, 7) is -0.299. The van der Waals surface area contributed by atoms with E-state index in [0.717, 1.165) is 9.37 Å². The minimum Gasteiger partial charge on any atom is -0.322 e. The number of carbonyl (C=O) groups is 3. The van der Waals surface area contributed by atoms with Crippen molar-refractivity contribution in [1.82, 2.24) is 4.90 Å². The van der Waals surface area contributed by atoms with E-state index in [4.69, 9.17) is 5.26 Å². The summed E-state index contributed by atoms with van der Waals surface area (Å²) >= 11 is 3.30. The number of nitrogens with one attached hydrogen (secondary N) is 1. The van der Waals surface area contributed by atoms with Gasteiger partial charge in [-0.1, -0.05) is 15.9 Å². The molecule has 0 atom stereocenters. The first kappa shape index (κ1) is 15.9. The van der Waals surface area contributed by atoms with Crippen LogP contribution in [0.5, 0.6) is 0 Å². The van der Waals surface area contributed by atoms with E-state index in [1.54, 1.807) is 36.4 Å². The number of halogens is 1. The lowest BCUT2D eigenvalue weighted by atomic mass is 10.1. The van der Waals surface area contributed by atoms with E-state index in [9.17, 15) is 14.4 Å². The number of nitriles is 1. The highest BCUT2D eigenvalue weighted by atomic mass is 79.9. The Hall–Kier alpha value is -2.98. The van der Waals surface area contributed by atoms with Gasteiger partial charge in [-0.25, -0.2) is 0 Å². The van der Waals surface area contributed by atoms with Crippen LogP contribution in [0.25, 0.3) is 0 Å². The van der Waals surface area contributed by atoms with Gasteiger partial charge in [-0.15, -0.1) is 0 Å². The van der Waals surface area contributed by atoms with Crippen molar-refractivity contribution in [2.45, 2.75) is 0 Å². The summed E-state index contributed by atoms with van der Waals surface area (Å²) in [4.78, 5) is 37.3. The summed E-state index contributed by atoms with van der Waals surface area (Å²) in [5.74, 6) is -1.35. The van der Waals surface area contributed by atoms with E-state index in [1.165, 1.54) is 12.1 Å². The Kier molecular flexibility index (Phi) is 4.15. The molecule has 0 bridgehead atoms. The predicted octanol–water partition coefficient (Wildman–Crippen LogP) is 2.82. The van der Waals surface area contributed by atoms with Crippen LogP contribution in [-0.4, -0.2) is 29.2 Å². The molecule has 0 radical (unpaired) electrons. The average Bonchev–Trinajstić information content (AvgIpc) is 2.80. The molecule has 0 saturated heterocycles. The van der Waals surface area contributed by atoms with Crippen molar-refractivity contribution in [3.05, 3.63) is 63.6 Å². The lowest BCUT2D eigenvalue weighted by Crippen LogP contribution is -2.29. The smallest absolute Gasteiger partial charge is 0.262 e. The molecule has 0 aromatic heterocycles. The standard InChI is InChI=1S/C17H10BrN3O3/c18-11-3-1-10(2-4-11)15(22)20-12-5-6-13-14(9-12)17(24)21(8-7-19)16(13)23/h1-6,9H,8H2,(H,20,22). The second-order valence-corrected chi connectivity index (χ2v) is 5.99. The molecule has 7 heteroatoms. The van der Waals surface area contributed by atoms with E-state index >= 15 is 0 Å². The number of rotatable bonds is 3. The van der Waals surface area contributed by atoms with E-state index in [0.29, 0.717) is 11.3 Å².